The fourth-order valence-corrected chi connectivity index (χ4v) is 7.33. The molecular formula is C36H38ClN3O4S. The van der Waals surface area contributed by atoms with E-state index in [9.17, 15) is 18.0 Å². The van der Waals surface area contributed by atoms with Crippen molar-refractivity contribution in [1.29, 1.82) is 0 Å². The van der Waals surface area contributed by atoms with Crippen molar-refractivity contribution in [3.63, 3.8) is 0 Å². The fraction of sp³-hybridized carbons (Fsp3) is 0.278. The second-order valence-corrected chi connectivity index (χ2v) is 13.8. The SMILES string of the molecule is Cc1cccc(CN(C(=O)CN(c2ccccc2)S(=O)(=O)c2ccc(Cl)cc2)[C@@H](Cc2ccccc2)C(=O)NC2CCCC2)c1. The molecule has 0 saturated heterocycles. The molecular weight excluding hydrogens is 606 g/mol. The van der Waals surface area contributed by atoms with E-state index < -0.39 is 28.5 Å². The van der Waals surface area contributed by atoms with Crippen LogP contribution >= 0.6 is 11.6 Å². The van der Waals surface area contributed by atoms with Crippen molar-refractivity contribution < 1.29 is 18.0 Å². The molecule has 4 aromatic carbocycles. The van der Waals surface area contributed by atoms with Crippen molar-refractivity contribution in [3.05, 3.63) is 131 Å². The topological polar surface area (TPSA) is 86.8 Å². The standard InChI is InChI=1S/C36H38ClN3O4S/c1-27-11-10-14-29(23-27)25-39(34(24-28-12-4-2-5-13-28)36(42)38-31-15-8-9-16-31)35(41)26-40(32-17-6-3-7-18-32)45(43,44)33-21-19-30(37)20-22-33/h2-7,10-14,17-23,31,34H,8-9,15-16,24-26H2,1H3,(H,38,42)/t34-/m0/s1. The van der Waals surface area contributed by atoms with Gasteiger partial charge in [0.05, 0.1) is 10.6 Å². The Labute approximate surface area is 270 Å². The van der Waals surface area contributed by atoms with Crippen LogP contribution in [0, 0.1) is 6.92 Å². The molecule has 1 saturated carbocycles. The molecule has 1 aliphatic rings. The number of anilines is 1. The first-order valence-corrected chi connectivity index (χ1v) is 17.1. The lowest BCUT2D eigenvalue weighted by Crippen LogP contribution is -2.54. The number of aryl methyl sites for hydroxylation is 1. The summed E-state index contributed by atoms with van der Waals surface area (Å²) in [5.74, 6) is -0.723. The second-order valence-electron chi connectivity index (χ2n) is 11.5. The summed E-state index contributed by atoms with van der Waals surface area (Å²) in [7, 11) is -4.18. The molecule has 0 aliphatic heterocycles. The summed E-state index contributed by atoms with van der Waals surface area (Å²) in [6.07, 6.45) is 4.18. The molecule has 4 aromatic rings. The van der Waals surface area contributed by atoms with E-state index in [0.29, 0.717) is 10.7 Å². The Kier molecular flexibility index (Phi) is 10.6. The highest BCUT2D eigenvalue weighted by atomic mass is 35.5. The minimum absolute atomic E-state index is 0.00796. The van der Waals surface area contributed by atoms with Gasteiger partial charge in [0, 0.05) is 24.0 Å². The summed E-state index contributed by atoms with van der Waals surface area (Å²) in [6.45, 7) is 1.61. The molecule has 0 radical (unpaired) electrons. The van der Waals surface area contributed by atoms with Crippen molar-refractivity contribution in [3.8, 4) is 0 Å². The monoisotopic (exact) mass is 643 g/mol. The normalized spacial score (nSPS) is 14.1. The molecule has 0 spiro atoms. The average Bonchev–Trinajstić information content (AvgIpc) is 3.55. The maximum atomic E-state index is 14.5. The number of hydrogen-bond acceptors (Lipinski definition) is 4. The van der Waals surface area contributed by atoms with Gasteiger partial charge in [-0.1, -0.05) is 103 Å². The van der Waals surface area contributed by atoms with E-state index >= 15 is 0 Å². The first-order chi connectivity index (χ1) is 21.7. The Morgan fingerprint density at radius 2 is 1.47 bits per heavy atom. The van der Waals surface area contributed by atoms with Gasteiger partial charge in [-0.05, 0) is 67.3 Å². The van der Waals surface area contributed by atoms with E-state index in [-0.39, 0.29) is 29.8 Å². The minimum atomic E-state index is -4.18. The Morgan fingerprint density at radius 3 is 2.11 bits per heavy atom. The first-order valence-electron chi connectivity index (χ1n) is 15.2. The van der Waals surface area contributed by atoms with Gasteiger partial charge in [-0.2, -0.15) is 0 Å². The molecule has 0 aromatic heterocycles. The van der Waals surface area contributed by atoms with Crippen LogP contribution in [0.25, 0.3) is 0 Å². The maximum Gasteiger partial charge on any atom is 0.264 e. The zero-order valence-corrected chi connectivity index (χ0v) is 26.9. The van der Waals surface area contributed by atoms with Gasteiger partial charge in [-0.3, -0.25) is 13.9 Å². The molecule has 5 rings (SSSR count). The number of nitrogens with zero attached hydrogens (tertiary/aromatic N) is 2. The van der Waals surface area contributed by atoms with Crippen LogP contribution in [0.4, 0.5) is 5.69 Å². The third-order valence-corrected chi connectivity index (χ3v) is 10.2. The molecule has 1 fully saturated rings. The van der Waals surface area contributed by atoms with Crippen LogP contribution in [-0.4, -0.2) is 43.8 Å². The summed E-state index contributed by atoms with van der Waals surface area (Å²) < 4.78 is 29.2. The highest BCUT2D eigenvalue weighted by molar-refractivity contribution is 7.92. The van der Waals surface area contributed by atoms with Crippen molar-refractivity contribution in [1.82, 2.24) is 10.2 Å². The number of sulfonamides is 1. The van der Waals surface area contributed by atoms with E-state index in [1.165, 1.54) is 24.3 Å². The quantitative estimate of drug-likeness (QED) is 0.190. The van der Waals surface area contributed by atoms with Crippen molar-refractivity contribution in [2.45, 2.75) is 62.6 Å². The van der Waals surface area contributed by atoms with Crippen LogP contribution in [0.3, 0.4) is 0 Å². The molecule has 0 unspecified atom stereocenters. The summed E-state index contributed by atoms with van der Waals surface area (Å²) in [4.78, 5) is 30.2. The summed E-state index contributed by atoms with van der Waals surface area (Å²) in [5.41, 5.74) is 3.11. The Morgan fingerprint density at radius 1 is 0.844 bits per heavy atom. The van der Waals surface area contributed by atoms with Gasteiger partial charge in [0.25, 0.3) is 10.0 Å². The number of carbonyl (C=O) groups is 2. The molecule has 1 N–H and O–H groups in total. The smallest absolute Gasteiger partial charge is 0.264 e. The van der Waals surface area contributed by atoms with E-state index in [1.807, 2.05) is 61.5 Å². The molecule has 2 amide bonds. The Bertz CT molecular complexity index is 1690. The summed E-state index contributed by atoms with van der Waals surface area (Å²) >= 11 is 6.06. The van der Waals surface area contributed by atoms with Gasteiger partial charge in [0.15, 0.2) is 0 Å². The lowest BCUT2D eigenvalue weighted by Gasteiger charge is -2.34. The van der Waals surface area contributed by atoms with Crippen LogP contribution < -0.4 is 9.62 Å². The zero-order chi connectivity index (χ0) is 31.8. The van der Waals surface area contributed by atoms with Crippen molar-refractivity contribution in [2.75, 3.05) is 10.8 Å². The van der Waals surface area contributed by atoms with Gasteiger partial charge in [0.1, 0.15) is 12.6 Å². The summed E-state index contributed by atoms with van der Waals surface area (Å²) in [5, 5.41) is 3.60. The van der Waals surface area contributed by atoms with E-state index in [1.54, 1.807) is 35.2 Å². The average molecular weight is 644 g/mol. The van der Waals surface area contributed by atoms with Crippen LogP contribution in [-0.2, 0) is 32.6 Å². The minimum Gasteiger partial charge on any atom is -0.352 e. The van der Waals surface area contributed by atoms with Gasteiger partial charge in [-0.25, -0.2) is 8.42 Å². The number of amides is 2. The number of nitrogens with one attached hydrogen (secondary N) is 1. The predicted octanol–water partition coefficient (Wildman–Crippen LogP) is 6.54. The third-order valence-electron chi connectivity index (χ3n) is 8.13. The second kappa shape index (κ2) is 14.8. The van der Waals surface area contributed by atoms with E-state index in [2.05, 4.69) is 5.32 Å². The molecule has 234 valence electrons. The van der Waals surface area contributed by atoms with Crippen LogP contribution in [0.2, 0.25) is 5.02 Å². The zero-order valence-electron chi connectivity index (χ0n) is 25.3. The van der Waals surface area contributed by atoms with Gasteiger partial charge < -0.3 is 10.2 Å². The van der Waals surface area contributed by atoms with Crippen molar-refractivity contribution in [2.24, 2.45) is 0 Å². The molecule has 7 nitrogen and oxygen atoms in total. The number of benzene rings is 4. The highest BCUT2D eigenvalue weighted by Gasteiger charge is 2.35. The number of rotatable bonds is 12. The Hall–Kier alpha value is -4.14. The highest BCUT2D eigenvalue weighted by Crippen LogP contribution is 2.26. The number of carbonyl (C=O) groups excluding carboxylic acids is 2. The molecule has 9 heteroatoms. The van der Waals surface area contributed by atoms with Crippen molar-refractivity contribution >= 4 is 39.1 Å². The Balaban J connectivity index is 1.55. The van der Waals surface area contributed by atoms with Gasteiger partial charge in [0.2, 0.25) is 11.8 Å². The van der Waals surface area contributed by atoms with E-state index in [4.69, 9.17) is 11.6 Å². The van der Waals surface area contributed by atoms with E-state index in [0.717, 1.165) is 46.7 Å². The molecule has 45 heavy (non-hydrogen) atoms. The lowest BCUT2D eigenvalue weighted by atomic mass is 10.0. The summed E-state index contributed by atoms with van der Waals surface area (Å²) in [6, 6.07) is 31.0. The number of para-hydroxylation sites is 1. The van der Waals surface area contributed by atoms with Crippen LogP contribution in [0.5, 0.6) is 0 Å². The van der Waals surface area contributed by atoms with Crippen LogP contribution in [0.1, 0.15) is 42.4 Å². The first kappa shape index (κ1) is 32.3. The van der Waals surface area contributed by atoms with Crippen LogP contribution in [0.15, 0.2) is 114 Å². The van der Waals surface area contributed by atoms with Gasteiger partial charge in [-0.15, -0.1) is 0 Å². The van der Waals surface area contributed by atoms with Gasteiger partial charge >= 0.3 is 0 Å². The largest absolute Gasteiger partial charge is 0.352 e. The molecule has 1 atom stereocenters. The molecule has 0 bridgehead atoms. The third kappa shape index (κ3) is 8.32. The number of halogens is 1. The molecule has 0 heterocycles. The molecule has 1 aliphatic carbocycles. The maximum absolute atomic E-state index is 14.5. The predicted molar refractivity (Wildman–Crippen MR) is 178 cm³/mol. The fourth-order valence-electron chi connectivity index (χ4n) is 5.79. The lowest BCUT2D eigenvalue weighted by molar-refractivity contribution is -0.140. The number of hydrogen-bond donors (Lipinski definition) is 1.